The molecule has 2 N–H and O–H groups in total. The Morgan fingerprint density at radius 3 is 2.33 bits per heavy atom. The SMILES string of the molecule is CCC1(CO)CC1CO. The molecule has 0 saturated heterocycles. The van der Waals surface area contributed by atoms with Crippen molar-refractivity contribution in [3.8, 4) is 0 Å². The van der Waals surface area contributed by atoms with Crippen LogP contribution in [-0.2, 0) is 0 Å². The summed E-state index contributed by atoms with van der Waals surface area (Å²) >= 11 is 0. The van der Waals surface area contributed by atoms with Gasteiger partial charge in [0.2, 0.25) is 0 Å². The summed E-state index contributed by atoms with van der Waals surface area (Å²) in [5.74, 6) is 0.382. The summed E-state index contributed by atoms with van der Waals surface area (Å²) in [6.07, 6.45) is 2.01. The smallest absolute Gasteiger partial charge is 0.0490 e. The van der Waals surface area contributed by atoms with Gasteiger partial charge in [0.05, 0.1) is 0 Å². The molecule has 1 aliphatic rings. The van der Waals surface area contributed by atoms with Crippen molar-refractivity contribution in [2.45, 2.75) is 19.8 Å². The third-order valence-corrected chi connectivity index (χ3v) is 2.60. The molecule has 0 bridgehead atoms. The molecule has 0 heterocycles. The van der Waals surface area contributed by atoms with Gasteiger partial charge in [-0.25, -0.2) is 0 Å². The van der Waals surface area contributed by atoms with Crippen LogP contribution in [0.5, 0.6) is 0 Å². The van der Waals surface area contributed by atoms with Gasteiger partial charge in [0.25, 0.3) is 0 Å². The summed E-state index contributed by atoms with van der Waals surface area (Å²) in [4.78, 5) is 0. The van der Waals surface area contributed by atoms with Crippen molar-refractivity contribution in [3.05, 3.63) is 0 Å². The van der Waals surface area contributed by atoms with Gasteiger partial charge in [-0.15, -0.1) is 0 Å². The maximum Gasteiger partial charge on any atom is 0.0490 e. The average molecular weight is 130 g/mol. The molecular formula is C7H14O2. The highest BCUT2D eigenvalue weighted by Gasteiger charge is 2.51. The van der Waals surface area contributed by atoms with E-state index in [1.807, 2.05) is 0 Å². The van der Waals surface area contributed by atoms with Crippen LogP contribution in [0.2, 0.25) is 0 Å². The first-order valence-electron chi connectivity index (χ1n) is 3.51. The molecule has 1 saturated carbocycles. The Labute approximate surface area is 55.5 Å². The summed E-state index contributed by atoms with van der Waals surface area (Å²) in [5, 5.41) is 17.5. The first-order valence-corrected chi connectivity index (χ1v) is 3.51. The quantitative estimate of drug-likeness (QED) is 0.580. The van der Waals surface area contributed by atoms with Gasteiger partial charge in [-0.05, 0) is 24.2 Å². The van der Waals surface area contributed by atoms with Crippen molar-refractivity contribution in [3.63, 3.8) is 0 Å². The van der Waals surface area contributed by atoms with Crippen molar-refractivity contribution in [2.24, 2.45) is 11.3 Å². The molecule has 1 rings (SSSR count). The van der Waals surface area contributed by atoms with Gasteiger partial charge >= 0.3 is 0 Å². The largest absolute Gasteiger partial charge is 0.396 e. The predicted octanol–water partition coefficient (Wildman–Crippen LogP) is 0.387. The van der Waals surface area contributed by atoms with Crippen LogP contribution in [0.4, 0.5) is 0 Å². The molecule has 0 aromatic carbocycles. The lowest BCUT2D eigenvalue weighted by molar-refractivity contribution is 0.169. The van der Waals surface area contributed by atoms with E-state index < -0.39 is 0 Å². The lowest BCUT2D eigenvalue weighted by Crippen LogP contribution is -2.09. The van der Waals surface area contributed by atoms with Crippen LogP contribution in [0, 0.1) is 11.3 Å². The average Bonchev–Trinajstić information content (AvgIpc) is 2.63. The Hall–Kier alpha value is -0.0800. The van der Waals surface area contributed by atoms with E-state index in [2.05, 4.69) is 6.92 Å². The van der Waals surface area contributed by atoms with Gasteiger partial charge in [0, 0.05) is 13.2 Å². The number of rotatable bonds is 3. The molecule has 2 unspecified atom stereocenters. The van der Waals surface area contributed by atoms with E-state index >= 15 is 0 Å². The minimum absolute atomic E-state index is 0.106. The highest BCUT2D eigenvalue weighted by molar-refractivity contribution is 5.00. The summed E-state index contributed by atoms with van der Waals surface area (Å²) in [7, 11) is 0. The number of aliphatic hydroxyl groups excluding tert-OH is 2. The Morgan fingerprint density at radius 2 is 2.22 bits per heavy atom. The second-order valence-electron chi connectivity index (χ2n) is 2.96. The number of hydrogen-bond acceptors (Lipinski definition) is 2. The first-order chi connectivity index (χ1) is 4.29. The molecule has 2 heteroatoms. The molecule has 0 spiro atoms. The van der Waals surface area contributed by atoms with Gasteiger partial charge in [0.15, 0.2) is 0 Å². The normalized spacial score (nSPS) is 41.0. The highest BCUT2D eigenvalue weighted by Crippen LogP contribution is 2.54. The van der Waals surface area contributed by atoms with E-state index in [-0.39, 0.29) is 18.6 Å². The van der Waals surface area contributed by atoms with Crippen molar-refractivity contribution >= 4 is 0 Å². The van der Waals surface area contributed by atoms with Crippen LogP contribution in [0.15, 0.2) is 0 Å². The molecule has 1 fully saturated rings. The maximum absolute atomic E-state index is 8.85. The second kappa shape index (κ2) is 2.27. The summed E-state index contributed by atoms with van der Waals surface area (Å²) in [6.45, 7) is 2.55. The zero-order valence-electron chi connectivity index (χ0n) is 5.80. The van der Waals surface area contributed by atoms with E-state index in [0.29, 0.717) is 5.92 Å². The Kier molecular flexibility index (Phi) is 1.78. The van der Waals surface area contributed by atoms with Gasteiger partial charge in [-0.1, -0.05) is 6.92 Å². The van der Waals surface area contributed by atoms with Gasteiger partial charge < -0.3 is 10.2 Å². The van der Waals surface area contributed by atoms with Crippen molar-refractivity contribution in [2.75, 3.05) is 13.2 Å². The van der Waals surface area contributed by atoms with E-state index in [0.717, 1.165) is 12.8 Å². The molecule has 2 nitrogen and oxygen atoms in total. The molecule has 0 aliphatic heterocycles. The first kappa shape index (κ1) is 7.03. The van der Waals surface area contributed by atoms with E-state index in [9.17, 15) is 0 Å². The molecule has 9 heavy (non-hydrogen) atoms. The van der Waals surface area contributed by atoms with Crippen LogP contribution in [-0.4, -0.2) is 23.4 Å². The van der Waals surface area contributed by atoms with Crippen LogP contribution < -0.4 is 0 Å². The Balaban J connectivity index is 2.37. The highest BCUT2D eigenvalue weighted by atomic mass is 16.3. The van der Waals surface area contributed by atoms with Crippen LogP contribution in [0.3, 0.4) is 0 Å². The summed E-state index contributed by atoms with van der Waals surface area (Å²) < 4.78 is 0. The lowest BCUT2D eigenvalue weighted by atomic mass is 10.0. The van der Waals surface area contributed by atoms with Crippen molar-refractivity contribution in [1.82, 2.24) is 0 Å². The molecule has 54 valence electrons. The van der Waals surface area contributed by atoms with Crippen molar-refractivity contribution in [1.29, 1.82) is 0 Å². The fraction of sp³-hybridized carbons (Fsp3) is 1.00. The van der Waals surface area contributed by atoms with E-state index in [1.165, 1.54) is 0 Å². The van der Waals surface area contributed by atoms with Crippen LogP contribution in [0.25, 0.3) is 0 Å². The minimum Gasteiger partial charge on any atom is -0.396 e. The zero-order chi connectivity index (χ0) is 6.91. The van der Waals surface area contributed by atoms with Crippen molar-refractivity contribution < 1.29 is 10.2 Å². The third-order valence-electron chi connectivity index (χ3n) is 2.60. The summed E-state index contributed by atoms with van der Waals surface area (Å²) in [5.41, 5.74) is 0.106. The predicted molar refractivity (Wildman–Crippen MR) is 35.0 cm³/mol. The maximum atomic E-state index is 8.85. The van der Waals surface area contributed by atoms with E-state index in [4.69, 9.17) is 10.2 Å². The topological polar surface area (TPSA) is 40.5 Å². The molecule has 0 amide bonds. The number of hydrogen-bond donors (Lipinski definition) is 2. The minimum atomic E-state index is 0.106. The Bertz CT molecular complexity index is 97.1. The number of aliphatic hydroxyl groups is 2. The van der Waals surface area contributed by atoms with Gasteiger partial charge in [-0.3, -0.25) is 0 Å². The van der Waals surface area contributed by atoms with Gasteiger partial charge in [0.1, 0.15) is 0 Å². The van der Waals surface area contributed by atoms with Gasteiger partial charge in [-0.2, -0.15) is 0 Å². The zero-order valence-corrected chi connectivity index (χ0v) is 5.80. The Morgan fingerprint density at radius 1 is 1.56 bits per heavy atom. The standard InChI is InChI=1S/C7H14O2/c1-2-7(5-9)3-6(7)4-8/h6,8-9H,2-5H2,1H3. The summed E-state index contributed by atoms with van der Waals surface area (Å²) in [6, 6.07) is 0. The molecule has 2 atom stereocenters. The monoisotopic (exact) mass is 130 g/mol. The third kappa shape index (κ3) is 0.970. The van der Waals surface area contributed by atoms with Crippen LogP contribution in [0.1, 0.15) is 19.8 Å². The lowest BCUT2D eigenvalue weighted by Gasteiger charge is -2.08. The van der Waals surface area contributed by atoms with Crippen LogP contribution >= 0.6 is 0 Å². The second-order valence-corrected chi connectivity index (χ2v) is 2.96. The molecule has 0 aromatic heterocycles. The fourth-order valence-corrected chi connectivity index (χ4v) is 1.43. The molecule has 1 aliphatic carbocycles. The fourth-order valence-electron chi connectivity index (χ4n) is 1.43. The molecule has 0 aromatic rings. The molecule has 0 radical (unpaired) electrons. The molecular weight excluding hydrogens is 116 g/mol. The van der Waals surface area contributed by atoms with E-state index in [1.54, 1.807) is 0 Å².